The van der Waals surface area contributed by atoms with Crippen molar-refractivity contribution in [3.63, 3.8) is 0 Å². The van der Waals surface area contributed by atoms with Gasteiger partial charge in [-0.3, -0.25) is 0 Å². The molecule has 0 aliphatic heterocycles. The molecule has 1 aromatic heterocycles. The topological polar surface area (TPSA) is 24.9 Å². The zero-order valence-electron chi connectivity index (χ0n) is 9.37. The van der Waals surface area contributed by atoms with E-state index < -0.39 is 11.2 Å². The van der Waals surface area contributed by atoms with Gasteiger partial charge in [-0.15, -0.1) is 11.3 Å². The molecular formula is C12H11F3N2S. The van der Waals surface area contributed by atoms with Crippen LogP contribution in [0, 0.1) is 0 Å². The van der Waals surface area contributed by atoms with Gasteiger partial charge in [0.15, 0.2) is 5.01 Å². The van der Waals surface area contributed by atoms with Crippen LogP contribution in [0.2, 0.25) is 0 Å². The summed E-state index contributed by atoms with van der Waals surface area (Å²) in [6.45, 7) is 0.561. The van der Waals surface area contributed by atoms with Crippen molar-refractivity contribution >= 4 is 17.0 Å². The van der Waals surface area contributed by atoms with Crippen LogP contribution in [0.15, 0.2) is 35.7 Å². The minimum Gasteiger partial charge on any atom is -0.385 e. The molecule has 0 aliphatic carbocycles. The third-order valence-corrected chi connectivity index (χ3v) is 3.21. The largest absolute Gasteiger partial charge is 0.443 e. The van der Waals surface area contributed by atoms with Gasteiger partial charge in [-0.05, 0) is 12.1 Å². The normalized spacial score (nSPS) is 11.5. The number of benzene rings is 1. The maximum Gasteiger partial charge on any atom is 0.443 e. The second-order valence-electron chi connectivity index (χ2n) is 3.68. The van der Waals surface area contributed by atoms with E-state index in [1.54, 1.807) is 0 Å². The Hall–Kier alpha value is -1.56. The number of nitrogens with one attached hydrogen (secondary N) is 1. The highest BCUT2D eigenvalue weighted by molar-refractivity contribution is 7.09. The smallest absolute Gasteiger partial charge is 0.385 e. The van der Waals surface area contributed by atoms with Crippen LogP contribution >= 0.6 is 11.3 Å². The molecule has 0 atom stereocenters. The van der Waals surface area contributed by atoms with Gasteiger partial charge in [0.2, 0.25) is 0 Å². The number of thiazole rings is 1. The maximum absolute atomic E-state index is 12.3. The second kappa shape index (κ2) is 5.39. The van der Waals surface area contributed by atoms with Gasteiger partial charge in [0, 0.05) is 24.0 Å². The molecule has 2 aromatic rings. The van der Waals surface area contributed by atoms with Gasteiger partial charge in [-0.25, -0.2) is 4.98 Å². The first-order chi connectivity index (χ1) is 8.55. The molecule has 2 nitrogen and oxygen atoms in total. The molecule has 0 aliphatic rings. The van der Waals surface area contributed by atoms with Crippen LogP contribution in [0.5, 0.6) is 0 Å². The third-order valence-electron chi connectivity index (χ3n) is 2.28. The molecule has 18 heavy (non-hydrogen) atoms. The molecule has 1 heterocycles. The lowest BCUT2D eigenvalue weighted by atomic mass is 10.3. The zero-order valence-corrected chi connectivity index (χ0v) is 10.2. The first kappa shape index (κ1) is 12.9. The molecule has 0 spiro atoms. The SMILES string of the molecule is FC(F)(F)c1nc(CCNc2ccccc2)cs1. The molecule has 0 fully saturated rings. The minimum atomic E-state index is -4.34. The standard InChI is InChI=1S/C12H11F3N2S/c13-12(14,15)11-17-10(8-18-11)6-7-16-9-4-2-1-3-5-9/h1-5,8,16H,6-7H2. The molecule has 0 unspecified atom stereocenters. The second-order valence-corrected chi connectivity index (χ2v) is 4.54. The Morgan fingerprint density at radius 3 is 2.50 bits per heavy atom. The van der Waals surface area contributed by atoms with Crippen LogP contribution in [0.4, 0.5) is 18.9 Å². The van der Waals surface area contributed by atoms with E-state index in [2.05, 4.69) is 10.3 Å². The molecule has 2 rings (SSSR count). The van der Waals surface area contributed by atoms with Gasteiger partial charge in [-0.1, -0.05) is 18.2 Å². The lowest BCUT2D eigenvalue weighted by Gasteiger charge is -2.04. The Kier molecular flexibility index (Phi) is 3.86. The molecule has 1 aromatic carbocycles. The van der Waals surface area contributed by atoms with Crippen LogP contribution in [0.3, 0.4) is 0 Å². The summed E-state index contributed by atoms with van der Waals surface area (Å²) in [4.78, 5) is 3.57. The molecule has 0 amide bonds. The van der Waals surface area contributed by atoms with E-state index in [1.807, 2.05) is 30.3 Å². The van der Waals surface area contributed by atoms with E-state index in [0.29, 0.717) is 30.0 Å². The molecule has 96 valence electrons. The highest BCUT2D eigenvalue weighted by atomic mass is 32.1. The van der Waals surface area contributed by atoms with Crippen molar-refractivity contribution in [3.05, 3.63) is 46.4 Å². The molecule has 0 saturated heterocycles. The summed E-state index contributed by atoms with van der Waals surface area (Å²) in [6, 6.07) is 9.51. The van der Waals surface area contributed by atoms with Crippen LogP contribution < -0.4 is 5.32 Å². The fourth-order valence-corrected chi connectivity index (χ4v) is 2.16. The van der Waals surface area contributed by atoms with Gasteiger partial charge < -0.3 is 5.32 Å². The van der Waals surface area contributed by atoms with E-state index >= 15 is 0 Å². The predicted molar refractivity (Wildman–Crippen MR) is 65.8 cm³/mol. The number of anilines is 1. The number of hydrogen-bond acceptors (Lipinski definition) is 3. The van der Waals surface area contributed by atoms with Crippen molar-refractivity contribution in [2.24, 2.45) is 0 Å². The Morgan fingerprint density at radius 1 is 1.17 bits per heavy atom. The first-order valence-corrected chi connectivity index (χ1v) is 6.24. The molecule has 0 radical (unpaired) electrons. The lowest BCUT2D eigenvalue weighted by Crippen LogP contribution is -2.07. The molecule has 6 heteroatoms. The predicted octanol–water partition coefficient (Wildman–Crippen LogP) is 3.82. The summed E-state index contributed by atoms with van der Waals surface area (Å²) in [5.41, 5.74) is 1.42. The quantitative estimate of drug-likeness (QED) is 0.915. The van der Waals surface area contributed by atoms with Gasteiger partial charge in [0.05, 0.1) is 5.69 Å². The van der Waals surface area contributed by atoms with Crippen LogP contribution in [0.25, 0.3) is 0 Å². The fraction of sp³-hybridized carbons (Fsp3) is 0.250. The maximum atomic E-state index is 12.3. The molecule has 1 N–H and O–H groups in total. The number of halogens is 3. The summed E-state index contributed by atoms with van der Waals surface area (Å²) < 4.78 is 37.0. The number of aromatic nitrogens is 1. The van der Waals surface area contributed by atoms with Crippen LogP contribution in [-0.4, -0.2) is 11.5 Å². The highest BCUT2D eigenvalue weighted by Gasteiger charge is 2.34. The summed E-state index contributed by atoms with van der Waals surface area (Å²) in [7, 11) is 0. The summed E-state index contributed by atoms with van der Waals surface area (Å²) in [5, 5.41) is 3.80. The number of alkyl halides is 3. The zero-order chi connectivity index (χ0) is 13.0. The third kappa shape index (κ3) is 3.46. The number of para-hydroxylation sites is 1. The fourth-order valence-electron chi connectivity index (χ4n) is 1.44. The summed E-state index contributed by atoms with van der Waals surface area (Å²) in [5.74, 6) is 0. The Balaban J connectivity index is 1.86. The van der Waals surface area contributed by atoms with Crippen molar-refractivity contribution < 1.29 is 13.2 Å². The number of rotatable bonds is 4. The van der Waals surface area contributed by atoms with E-state index in [-0.39, 0.29) is 0 Å². The van der Waals surface area contributed by atoms with E-state index in [1.165, 1.54) is 5.38 Å². The summed E-state index contributed by atoms with van der Waals surface area (Å²) in [6.07, 6.45) is -3.86. The molecular weight excluding hydrogens is 261 g/mol. The van der Waals surface area contributed by atoms with Crippen molar-refractivity contribution in [2.75, 3.05) is 11.9 Å². The highest BCUT2D eigenvalue weighted by Crippen LogP contribution is 2.31. The van der Waals surface area contributed by atoms with Gasteiger partial charge in [0.25, 0.3) is 0 Å². The average Bonchev–Trinajstić information content (AvgIpc) is 2.79. The Labute approximate surface area is 106 Å². The molecule has 0 bridgehead atoms. The average molecular weight is 272 g/mol. The number of hydrogen-bond donors (Lipinski definition) is 1. The monoisotopic (exact) mass is 272 g/mol. The number of nitrogens with zero attached hydrogens (tertiary/aromatic N) is 1. The summed E-state index contributed by atoms with van der Waals surface area (Å²) >= 11 is 0.639. The van der Waals surface area contributed by atoms with Gasteiger partial charge in [-0.2, -0.15) is 13.2 Å². The van der Waals surface area contributed by atoms with E-state index in [0.717, 1.165) is 5.69 Å². The first-order valence-electron chi connectivity index (χ1n) is 5.36. The van der Waals surface area contributed by atoms with E-state index in [4.69, 9.17) is 0 Å². The van der Waals surface area contributed by atoms with Crippen molar-refractivity contribution in [1.82, 2.24) is 4.98 Å². The van der Waals surface area contributed by atoms with Gasteiger partial charge in [0.1, 0.15) is 0 Å². The van der Waals surface area contributed by atoms with Crippen LogP contribution in [-0.2, 0) is 12.6 Å². The van der Waals surface area contributed by atoms with E-state index in [9.17, 15) is 13.2 Å². The van der Waals surface area contributed by atoms with Crippen molar-refractivity contribution in [3.8, 4) is 0 Å². The van der Waals surface area contributed by atoms with Crippen LogP contribution in [0.1, 0.15) is 10.7 Å². The van der Waals surface area contributed by atoms with Crippen molar-refractivity contribution in [1.29, 1.82) is 0 Å². The van der Waals surface area contributed by atoms with Gasteiger partial charge >= 0.3 is 6.18 Å². The van der Waals surface area contributed by atoms with Crippen molar-refractivity contribution in [2.45, 2.75) is 12.6 Å². The Bertz CT molecular complexity index is 494. The lowest BCUT2D eigenvalue weighted by molar-refractivity contribution is -0.137. The molecule has 0 saturated carbocycles. The minimum absolute atomic E-state index is 0.468. The Morgan fingerprint density at radius 2 is 1.89 bits per heavy atom.